The first-order valence-electron chi connectivity index (χ1n) is 16.2. The van der Waals surface area contributed by atoms with Gasteiger partial charge in [0.25, 0.3) is 0 Å². The number of thioether (sulfide) groups is 2. The molecule has 0 radical (unpaired) electrons. The molecular weight excluding hydrogens is 678 g/mol. The normalized spacial score (nSPS) is 14.1. The summed E-state index contributed by atoms with van der Waals surface area (Å²) in [5.41, 5.74) is 7.54. The summed E-state index contributed by atoms with van der Waals surface area (Å²) in [6, 6.07) is 18.6. The summed E-state index contributed by atoms with van der Waals surface area (Å²) < 4.78 is 17.7. The molecule has 6 aromatic rings. The second kappa shape index (κ2) is 14.1. The standard InChI is InChI=1S/C37H38ClN5O4S2/c1-22-33-31-11-10-29(38)35(33)34-23(2)43(13-15-46-4)40-30(34)21-48-19-25-17-26(41(3)39-25)20-49-27-16-24-8-5-6-9-28(24)32(18-27)47-14-7-12-42(31)36(22)37(44)45/h5-6,8-11,16-18H,7,12-15,19-21H2,1-4H3,(H,44,45). The number of carbonyl (C=O) groups is 1. The minimum Gasteiger partial charge on any atom is -0.493 e. The highest BCUT2D eigenvalue weighted by Crippen LogP contribution is 2.43. The van der Waals surface area contributed by atoms with Crippen molar-refractivity contribution in [3.63, 3.8) is 0 Å². The molecular formula is C37H38ClN5O4S2. The Labute approximate surface area is 298 Å². The van der Waals surface area contributed by atoms with E-state index in [2.05, 4.69) is 30.3 Å². The lowest BCUT2D eigenvalue weighted by Gasteiger charge is -2.14. The number of hydrogen-bond donors (Lipinski definition) is 1. The Balaban J connectivity index is 1.36. The van der Waals surface area contributed by atoms with Crippen LogP contribution in [0.25, 0.3) is 32.8 Å². The second-order valence-electron chi connectivity index (χ2n) is 12.2. The maximum Gasteiger partial charge on any atom is 0.352 e. The largest absolute Gasteiger partial charge is 0.493 e. The molecule has 7 rings (SSSR count). The summed E-state index contributed by atoms with van der Waals surface area (Å²) in [6.07, 6.45) is 0.612. The summed E-state index contributed by atoms with van der Waals surface area (Å²) in [4.78, 5) is 13.9. The van der Waals surface area contributed by atoms with Gasteiger partial charge in [0.05, 0.1) is 31.1 Å². The Hall–Kier alpha value is -3.90. The van der Waals surface area contributed by atoms with Crippen LogP contribution >= 0.6 is 35.1 Å². The second-order valence-corrected chi connectivity index (χ2v) is 14.7. The highest BCUT2D eigenvalue weighted by Gasteiger charge is 2.27. The van der Waals surface area contributed by atoms with E-state index in [1.807, 2.05) is 59.1 Å². The van der Waals surface area contributed by atoms with Gasteiger partial charge in [-0.1, -0.05) is 35.9 Å². The maximum absolute atomic E-state index is 12.8. The summed E-state index contributed by atoms with van der Waals surface area (Å²) in [5.74, 6) is 1.97. The molecule has 1 N–H and O–H groups in total. The first-order chi connectivity index (χ1) is 23.7. The Bertz CT molecular complexity index is 2200. The first kappa shape index (κ1) is 33.6. The van der Waals surface area contributed by atoms with E-state index >= 15 is 0 Å². The predicted molar refractivity (Wildman–Crippen MR) is 198 cm³/mol. The molecule has 0 fully saturated rings. The van der Waals surface area contributed by atoms with Crippen molar-refractivity contribution in [2.45, 2.75) is 55.5 Å². The van der Waals surface area contributed by atoms with Gasteiger partial charge in [0.15, 0.2) is 0 Å². The third-order valence-electron chi connectivity index (χ3n) is 9.15. The average molecular weight is 716 g/mol. The number of halogens is 1. The lowest BCUT2D eigenvalue weighted by molar-refractivity contribution is 0.0684. The van der Waals surface area contributed by atoms with E-state index in [1.165, 1.54) is 0 Å². The van der Waals surface area contributed by atoms with Crippen LogP contribution in [0.5, 0.6) is 5.75 Å². The number of rotatable bonds is 4. The van der Waals surface area contributed by atoms with Crippen LogP contribution in [0.1, 0.15) is 45.2 Å². The van der Waals surface area contributed by atoms with E-state index in [4.69, 9.17) is 31.3 Å². The van der Waals surface area contributed by atoms with Gasteiger partial charge in [-0.05, 0) is 61.5 Å². The van der Waals surface area contributed by atoms with E-state index in [0.717, 1.165) is 72.0 Å². The summed E-state index contributed by atoms with van der Waals surface area (Å²) in [6.45, 7) is 5.93. The van der Waals surface area contributed by atoms with Gasteiger partial charge in [0.1, 0.15) is 11.4 Å². The smallest absolute Gasteiger partial charge is 0.352 e. The van der Waals surface area contributed by atoms with Crippen molar-refractivity contribution in [2.75, 3.05) is 20.3 Å². The molecule has 9 nitrogen and oxygen atoms in total. The molecule has 12 heteroatoms. The van der Waals surface area contributed by atoms with Crippen molar-refractivity contribution in [1.29, 1.82) is 0 Å². The lowest BCUT2D eigenvalue weighted by Crippen LogP contribution is -2.12. The van der Waals surface area contributed by atoms with Crippen molar-refractivity contribution in [3.05, 3.63) is 93.7 Å². The highest BCUT2D eigenvalue weighted by molar-refractivity contribution is 7.98. The van der Waals surface area contributed by atoms with Crippen molar-refractivity contribution in [2.24, 2.45) is 7.05 Å². The van der Waals surface area contributed by atoms with Gasteiger partial charge in [0, 0.05) is 86.7 Å². The van der Waals surface area contributed by atoms with Crippen molar-refractivity contribution in [1.82, 2.24) is 24.1 Å². The summed E-state index contributed by atoms with van der Waals surface area (Å²) in [7, 11) is 3.68. The van der Waals surface area contributed by atoms with Crippen LogP contribution in [-0.4, -0.2) is 55.5 Å². The molecule has 3 aromatic heterocycles. The first-order valence-corrected chi connectivity index (χ1v) is 18.7. The van der Waals surface area contributed by atoms with Gasteiger partial charge in [-0.25, -0.2) is 4.79 Å². The lowest BCUT2D eigenvalue weighted by atomic mass is 9.97. The van der Waals surface area contributed by atoms with E-state index in [1.54, 1.807) is 30.6 Å². The zero-order chi connectivity index (χ0) is 34.2. The number of ether oxygens (including phenoxy) is 2. The topological polar surface area (TPSA) is 96.3 Å². The molecule has 4 heterocycles. The number of aromatic carboxylic acids is 1. The number of carboxylic acids is 1. The molecule has 49 heavy (non-hydrogen) atoms. The SMILES string of the molecule is COCCn1nc2c(c1C)-c1c(Cl)ccc3c1c(C)c(C(=O)O)n3CCCOc1cc(cc3ccccc13)SCc1cc(nn1C)CSC2. The quantitative estimate of drug-likeness (QED) is 0.194. The number of aryl methyl sites for hydroxylation is 3. The third kappa shape index (κ3) is 6.45. The molecule has 0 unspecified atom stereocenters. The fourth-order valence-corrected chi connectivity index (χ4v) is 8.92. The highest BCUT2D eigenvalue weighted by atomic mass is 35.5. The molecule has 254 valence electrons. The van der Waals surface area contributed by atoms with Gasteiger partial charge in [-0.15, -0.1) is 23.5 Å². The molecule has 0 spiro atoms. The Kier molecular flexibility index (Phi) is 9.70. The summed E-state index contributed by atoms with van der Waals surface area (Å²) in [5, 5.41) is 24.0. The van der Waals surface area contributed by atoms with Crippen LogP contribution in [0.4, 0.5) is 0 Å². The molecule has 0 amide bonds. The fourth-order valence-electron chi connectivity index (χ4n) is 6.84. The third-order valence-corrected chi connectivity index (χ3v) is 11.4. The number of carboxylic acid groups (broad SMARTS) is 1. The van der Waals surface area contributed by atoms with E-state index in [9.17, 15) is 9.90 Å². The van der Waals surface area contributed by atoms with Crippen LogP contribution < -0.4 is 4.74 Å². The van der Waals surface area contributed by atoms with Gasteiger partial charge in [0.2, 0.25) is 0 Å². The van der Waals surface area contributed by atoms with Gasteiger partial charge >= 0.3 is 5.97 Å². The van der Waals surface area contributed by atoms with Crippen LogP contribution in [0.3, 0.4) is 0 Å². The minimum atomic E-state index is -0.972. The van der Waals surface area contributed by atoms with Gasteiger partial charge in [-0.3, -0.25) is 9.36 Å². The fraction of sp³-hybridized carbons (Fsp3) is 0.324. The van der Waals surface area contributed by atoms with Crippen LogP contribution in [-0.2, 0) is 42.1 Å². The molecule has 0 atom stereocenters. The number of hydrogen-bond acceptors (Lipinski definition) is 7. The molecule has 1 aliphatic heterocycles. The molecule has 0 saturated carbocycles. The molecule has 8 bridgehead atoms. The van der Waals surface area contributed by atoms with Gasteiger partial charge < -0.3 is 19.1 Å². The predicted octanol–water partition coefficient (Wildman–Crippen LogP) is 8.51. The zero-order valence-electron chi connectivity index (χ0n) is 28.0. The zero-order valence-corrected chi connectivity index (χ0v) is 30.3. The molecule has 0 aliphatic carbocycles. The van der Waals surface area contributed by atoms with Crippen molar-refractivity contribution < 1.29 is 19.4 Å². The van der Waals surface area contributed by atoms with E-state index in [-0.39, 0.29) is 5.69 Å². The maximum atomic E-state index is 12.8. The number of benzene rings is 3. The van der Waals surface area contributed by atoms with Crippen LogP contribution in [0.15, 0.2) is 59.5 Å². The monoisotopic (exact) mass is 715 g/mol. The molecule has 3 aromatic carbocycles. The number of methoxy groups -OCH3 is 1. The minimum absolute atomic E-state index is 0.260. The Morgan fingerprint density at radius 3 is 2.71 bits per heavy atom. The number of aromatic nitrogens is 5. The van der Waals surface area contributed by atoms with Crippen molar-refractivity contribution >= 4 is 62.8 Å². The molecule has 0 saturated heterocycles. The van der Waals surface area contributed by atoms with E-state index in [0.29, 0.717) is 54.8 Å². The van der Waals surface area contributed by atoms with Crippen LogP contribution in [0.2, 0.25) is 5.02 Å². The Morgan fingerprint density at radius 1 is 1.06 bits per heavy atom. The van der Waals surface area contributed by atoms with Gasteiger partial charge in [-0.2, -0.15) is 10.2 Å². The molecule has 1 aliphatic rings. The summed E-state index contributed by atoms with van der Waals surface area (Å²) >= 11 is 10.6. The number of nitrogens with zero attached hydrogens (tertiary/aromatic N) is 5. The van der Waals surface area contributed by atoms with Crippen LogP contribution in [0, 0.1) is 13.8 Å². The number of fused-ring (bicyclic) bond motifs is 8. The van der Waals surface area contributed by atoms with E-state index < -0.39 is 5.97 Å². The average Bonchev–Trinajstić information content (AvgIpc) is 3.70. The Morgan fingerprint density at radius 2 is 1.90 bits per heavy atom. The van der Waals surface area contributed by atoms with Crippen molar-refractivity contribution in [3.8, 4) is 16.9 Å².